The SMILES string of the molecule is COC(=O)c1cccc(NCCCC2CCCN(C(=O)OC(C)(C)C)C2)n1. The summed E-state index contributed by atoms with van der Waals surface area (Å²) in [7, 11) is 1.34. The molecule has 150 valence electrons. The van der Waals surface area contributed by atoms with E-state index in [0.717, 1.165) is 45.3 Å². The second kappa shape index (κ2) is 9.58. The number of piperidine rings is 1. The average molecular weight is 377 g/mol. The lowest BCUT2D eigenvalue weighted by Crippen LogP contribution is -2.42. The Hall–Kier alpha value is -2.31. The molecule has 0 spiro atoms. The Morgan fingerprint density at radius 2 is 2.11 bits per heavy atom. The first-order valence-electron chi connectivity index (χ1n) is 9.55. The quantitative estimate of drug-likeness (QED) is 0.601. The molecule has 1 atom stereocenters. The van der Waals surface area contributed by atoms with Gasteiger partial charge in [-0.25, -0.2) is 14.6 Å². The number of hydrogen-bond donors (Lipinski definition) is 1. The van der Waals surface area contributed by atoms with E-state index in [9.17, 15) is 9.59 Å². The van der Waals surface area contributed by atoms with Gasteiger partial charge in [-0.1, -0.05) is 6.07 Å². The van der Waals surface area contributed by atoms with Crippen LogP contribution in [0.5, 0.6) is 0 Å². The average Bonchev–Trinajstić information content (AvgIpc) is 2.64. The molecule has 0 aromatic carbocycles. The first kappa shape index (κ1) is 21.0. The molecule has 1 aliphatic heterocycles. The molecular weight excluding hydrogens is 346 g/mol. The summed E-state index contributed by atoms with van der Waals surface area (Å²) in [5, 5.41) is 3.24. The van der Waals surface area contributed by atoms with E-state index in [4.69, 9.17) is 4.74 Å². The van der Waals surface area contributed by atoms with Gasteiger partial charge in [-0.3, -0.25) is 0 Å². The fourth-order valence-corrected chi connectivity index (χ4v) is 3.15. The Balaban J connectivity index is 1.74. The number of pyridine rings is 1. The molecule has 1 aromatic rings. The number of ether oxygens (including phenoxy) is 2. The van der Waals surface area contributed by atoms with Crippen LogP contribution in [0.1, 0.15) is 56.9 Å². The van der Waals surface area contributed by atoms with Crippen LogP contribution < -0.4 is 5.32 Å². The van der Waals surface area contributed by atoms with Crippen LogP contribution in [0.15, 0.2) is 18.2 Å². The van der Waals surface area contributed by atoms with Gasteiger partial charge in [-0.15, -0.1) is 0 Å². The highest BCUT2D eigenvalue weighted by Crippen LogP contribution is 2.23. The van der Waals surface area contributed by atoms with Crippen molar-refractivity contribution in [2.24, 2.45) is 5.92 Å². The van der Waals surface area contributed by atoms with Crippen LogP contribution in [0.3, 0.4) is 0 Å². The van der Waals surface area contributed by atoms with Gasteiger partial charge in [0.2, 0.25) is 0 Å². The molecule has 1 saturated heterocycles. The second-order valence-electron chi connectivity index (χ2n) is 7.90. The van der Waals surface area contributed by atoms with E-state index in [1.807, 2.05) is 31.7 Å². The van der Waals surface area contributed by atoms with Crippen LogP contribution in [-0.2, 0) is 9.47 Å². The number of aromatic nitrogens is 1. The van der Waals surface area contributed by atoms with E-state index >= 15 is 0 Å². The van der Waals surface area contributed by atoms with Gasteiger partial charge in [0, 0.05) is 19.6 Å². The Bertz CT molecular complexity index is 642. The molecule has 0 aliphatic carbocycles. The third-order valence-corrected chi connectivity index (χ3v) is 4.41. The summed E-state index contributed by atoms with van der Waals surface area (Å²) in [5.41, 5.74) is -0.164. The van der Waals surface area contributed by atoms with Crippen LogP contribution in [0.4, 0.5) is 10.6 Å². The van der Waals surface area contributed by atoms with Gasteiger partial charge in [-0.2, -0.15) is 0 Å². The maximum atomic E-state index is 12.2. The molecule has 1 fully saturated rings. The van der Waals surface area contributed by atoms with Crippen LogP contribution in [0.2, 0.25) is 0 Å². The molecule has 27 heavy (non-hydrogen) atoms. The number of anilines is 1. The molecule has 1 amide bonds. The molecule has 1 unspecified atom stereocenters. The molecule has 1 aliphatic rings. The lowest BCUT2D eigenvalue weighted by atomic mass is 9.93. The summed E-state index contributed by atoms with van der Waals surface area (Å²) in [6.07, 6.45) is 3.93. The molecular formula is C20H31N3O4. The summed E-state index contributed by atoms with van der Waals surface area (Å²) in [4.78, 5) is 29.8. The number of likely N-dealkylation sites (tertiary alicyclic amines) is 1. The summed E-state index contributed by atoms with van der Waals surface area (Å²) in [6, 6.07) is 5.24. The van der Waals surface area contributed by atoms with Crippen molar-refractivity contribution in [1.82, 2.24) is 9.88 Å². The number of nitrogens with zero attached hydrogens (tertiary/aromatic N) is 2. The van der Waals surface area contributed by atoms with Crippen LogP contribution in [0.25, 0.3) is 0 Å². The minimum atomic E-state index is -0.459. The molecule has 1 aromatic heterocycles. The van der Waals surface area contributed by atoms with Crippen molar-refractivity contribution in [2.75, 3.05) is 32.1 Å². The van der Waals surface area contributed by atoms with E-state index < -0.39 is 11.6 Å². The molecule has 0 radical (unpaired) electrons. The maximum Gasteiger partial charge on any atom is 0.410 e. The van der Waals surface area contributed by atoms with Crippen LogP contribution in [0, 0.1) is 5.92 Å². The predicted molar refractivity (Wildman–Crippen MR) is 104 cm³/mol. The number of esters is 1. The third-order valence-electron chi connectivity index (χ3n) is 4.41. The third kappa shape index (κ3) is 7.07. The highest BCUT2D eigenvalue weighted by molar-refractivity contribution is 5.87. The van der Waals surface area contributed by atoms with Gasteiger partial charge in [0.15, 0.2) is 5.69 Å². The van der Waals surface area contributed by atoms with Crippen molar-refractivity contribution in [3.05, 3.63) is 23.9 Å². The zero-order valence-corrected chi connectivity index (χ0v) is 16.8. The smallest absolute Gasteiger partial charge is 0.410 e. The van der Waals surface area contributed by atoms with Crippen molar-refractivity contribution >= 4 is 17.9 Å². The molecule has 2 heterocycles. The van der Waals surface area contributed by atoms with Crippen molar-refractivity contribution in [3.8, 4) is 0 Å². The molecule has 0 saturated carbocycles. The summed E-state index contributed by atoms with van der Waals surface area (Å²) < 4.78 is 10.2. The van der Waals surface area contributed by atoms with Crippen LogP contribution >= 0.6 is 0 Å². The van der Waals surface area contributed by atoms with Gasteiger partial charge in [0.05, 0.1) is 7.11 Å². The largest absolute Gasteiger partial charge is 0.464 e. The predicted octanol–water partition coefficient (Wildman–Crippen LogP) is 3.71. The molecule has 1 N–H and O–H groups in total. The Kier molecular flexibility index (Phi) is 7.45. The number of hydrogen-bond acceptors (Lipinski definition) is 6. The number of carbonyl (C=O) groups is 2. The van der Waals surface area contributed by atoms with Gasteiger partial charge < -0.3 is 19.7 Å². The van der Waals surface area contributed by atoms with Gasteiger partial charge in [-0.05, 0) is 64.5 Å². The standard InChI is InChI=1S/C20H31N3O4/c1-20(2,3)27-19(25)23-13-7-9-15(14-23)8-6-12-21-17-11-5-10-16(22-17)18(24)26-4/h5,10-11,15H,6-9,12-14H2,1-4H3,(H,21,22). The number of carbonyl (C=O) groups excluding carboxylic acids is 2. The fraction of sp³-hybridized carbons (Fsp3) is 0.650. The normalized spacial score (nSPS) is 17.3. The maximum absolute atomic E-state index is 12.2. The van der Waals surface area contributed by atoms with E-state index in [0.29, 0.717) is 17.4 Å². The van der Waals surface area contributed by atoms with Crippen molar-refractivity contribution < 1.29 is 19.1 Å². The van der Waals surface area contributed by atoms with Crippen molar-refractivity contribution in [1.29, 1.82) is 0 Å². The minimum Gasteiger partial charge on any atom is -0.464 e. The summed E-state index contributed by atoms with van der Waals surface area (Å²) >= 11 is 0. The molecule has 2 rings (SSSR count). The van der Waals surface area contributed by atoms with E-state index in [1.54, 1.807) is 12.1 Å². The Morgan fingerprint density at radius 1 is 1.33 bits per heavy atom. The number of rotatable bonds is 6. The fourth-order valence-electron chi connectivity index (χ4n) is 3.15. The second-order valence-corrected chi connectivity index (χ2v) is 7.90. The lowest BCUT2D eigenvalue weighted by molar-refractivity contribution is 0.0161. The monoisotopic (exact) mass is 377 g/mol. The number of methoxy groups -OCH3 is 1. The lowest BCUT2D eigenvalue weighted by Gasteiger charge is -2.34. The summed E-state index contributed by atoms with van der Waals surface area (Å²) in [6.45, 7) is 7.96. The van der Waals surface area contributed by atoms with E-state index in [-0.39, 0.29) is 6.09 Å². The van der Waals surface area contributed by atoms with E-state index in [2.05, 4.69) is 15.0 Å². The molecule has 7 heteroatoms. The highest BCUT2D eigenvalue weighted by atomic mass is 16.6. The van der Waals surface area contributed by atoms with Gasteiger partial charge in [0.25, 0.3) is 0 Å². The number of nitrogens with one attached hydrogen (secondary N) is 1. The molecule has 0 bridgehead atoms. The topological polar surface area (TPSA) is 80.8 Å². The van der Waals surface area contributed by atoms with Crippen molar-refractivity contribution in [3.63, 3.8) is 0 Å². The Labute approximate surface area is 161 Å². The zero-order chi connectivity index (χ0) is 19.9. The zero-order valence-electron chi connectivity index (χ0n) is 16.8. The van der Waals surface area contributed by atoms with Crippen molar-refractivity contribution in [2.45, 2.75) is 52.1 Å². The first-order valence-corrected chi connectivity index (χ1v) is 9.55. The first-order chi connectivity index (χ1) is 12.8. The van der Waals surface area contributed by atoms with Gasteiger partial charge >= 0.3 is 12.1 Å². The number of amides is 1. The Morgan fingerprint density at radius 3 is 2.81 bits per heavy atom. The summed E-state index contributed by atoms with van der Waals surface area (Å²) in [5.74, 6) is 0.711. The van der Waals surface area contributed by atoms with Crippen LogP contribution in [-0.4, -0.2) is 54.3 Å². The highest BCUT2D eigenvalue weighted by Gasteiger charge is 2.27. The van der Waals surface area contributed by atoms with Gasteiger partial charge in [0.1, 0.15) is 11.4 Å². The van der Waals surface area contributed by atoms with E-state index in [1.165, 1.54) is 7.11 Å². The molecule has 7 nitrogen and oxygen atoms in total. The minimum absolute atomic E-state index is 0.214.